The Labute approximate surface area is 139 Å². The number of carbonyl (C=O) groups is 1. The van der Waals surface area contributed by atoms with Crippen LogP contribution >= 0.6 is 0 Å². The lowest BCUT2D eigenvalue weighted by Gasteiger charge is -2.57. The second kappa shape index (κ2) is 4.77. The highest BCUT2D eigenvalue weighted by atomic mass is 19.1. The number of amides is 1. The number of primary amides is 1. The molecule has 1 amide bonds. The van der Waals surface area contributed by atoms with Crippen molar-refractivity contribution >= 4 is 23.5 Å². The Balaban J connectivity index is 1.52. The Kier molecular flexibility index (Phi) is 2.86. The molecule has 4 saturated carbocycles. The summed E-state index contributed by atoms with van der Waals surface area (Å²) < 4.78 is 14.9. The summed E-state index contributed by atoms with van der Waals surface area (Å²) in [6, 6.07) is 0.200. The zero-order valence-corrected chi connectivity index (χ0v) is 13.5. The molecule has 2 atom stereocenters. The normalized spacial score (nSPS) is 38.4. The van der Waals surface area contributed by atoms with Gasteiger partial charge < -0.3 is 11.1 Å². The van der Waals surface area contributed by atoms with Crippen molar-refractivity contribution in [3.05, 3.63) is 17.5 Å². The molecular weight excluding hydrogens is 307 g/mol. The second-order valence-electron chi connectivity index (χ2n) is 8.01. The van der Waals surface area contributed by atoms with Gasteiger partial charge in [0.15, 0.2) is 0 Å². The van der Waals surface area contributed by atoms with Crippen LogP contribution in [0.5, 0.6) is 0 Å². The molecule has 0 saturated heterocycles. The monoisotopic (exact) mass is 328 g/mol. The summed E-state index contributed by atoms with van der Waals surface area (Å²) in [5.41, 5.74) is 7.28. The van der Waals surface area contributed by atoms with E-state index in [0.717, 1.165) is 30.6 Å². The Hall–Kier alpha value is -1.98. The van der Waals surface area contributed by atoms with Gasteiger partial charge in [0.1, 0.15) is 11.4 Å². The van der Waals surface area contributed by atoms with E-state index < -0.39 is 11.6 Å². The third kappa shape index (κ3) is 2.01. The maximum absolute atomic E-state index is 14.9. The first-order valence-corrected chi connectivity index (χ1v) is 8.82. The molecular formula is C18H21FN4O. The number of rotatable bonds is 3. The van der Waals surface area contributed by atoms with Crippen LogP contribution in [0.1, 0.15) is 48.2 Å². The molecule has 24 heavy (non-hydrogen) atoms. The fraction of sp³-hybridized carbons (Fsp3) is 0.611. The van der Waals surface area contributed by atoms with Crippen LogP contribution in [0.4, 0.5) is 15.8 Å². The van der Waals surface area contributed by atoms with Gasteiger partial charge in [-0.15, -0.1) is 0 Å². The van der Waals surface area contributed by atoms with E-state index in [-0.39, 0.29) is 6.04 Å². The SMILES string of the molecule is NC(=O)c1cnc2c(c1NC1C3CC4CC1CC(F)(C4)C3)N=CC2. The highest BCUT2D eigenvalue weighted by molar-refractivity contribution is 6.02. The number of anilines is 1. The molecule has 1 aromatic heterocycles. The topological polar surface area (TPSA) is 80.4 Å². The average molecular weight is 328 g/mol. The summed E-state index contributed by atoms with van der Waals surface area (Å²) in [5, 5.41) is 3.57. The van der Waals surface area contributed by atoms with E-state index in [9.17, 15) is 9.18 Å². The van der Waals surface area contributed by atoms with Crippen LogP contribution < -0.4 is 11.1 Å². The molecule has 4 bridgehead atoms. The van der Waals surface area contributed by atoms with Crippen LogP contribution in [0.15, 0.2) is 11.2 Å². The minimum Gasteiger partial charge on any atom is -0.379 e. The third-order valence-corrected chi connectivity index (χ3v) is 6.41. The number of nitrogens with two attached hydrogens (primary N) is 1. The number of pyridine rings is 1. The molecule has 3 N–H and O–H groups in total. The van der Waals surface area contributed by atoms with Crippen molar-refractivity contribution in [3.8, 4) is 0 Å². The van der Waals surface area contributed by atoms with Crippen LogP contribution in [-0.4, -0.2) is 28.8 Å². The molecule has 5 nitrogen and oxygen atoms in total. The second-order valence-corrected chi connectivity index (χ2v) is 8.01. The number of carbonyl (C=O) groups excluding carboxylic acids is 1. The number of fused-ring (bicyclic) bond motifs is 1. The van der Waals surface area contributed by atoms with E-state index in [1.807, 2.05) is 0 Å². The number of nitrogens with zero attached hydrogens (tertiary/aromatic N) is 2. The van der Waals surface area contributed by atoms with Gasteiger partial charge in [-0.3, -0.25) is 14.8 Å². The van der Waals surface area contributed by atoms with Crippen LogP contribution in [0, 0.1) is 17.8 Å². The minimum atomic E-state index is -0.959. The number of aliphatic imine (C=N–C) groups is 1. The largest absolute Gasteiger partial charge is 0.379 e. The Bertz CT molecular complexity index is 746. The van der Waals surface area contributed by atoms with Crippen LogP contribution in [0.2, 0.25) is 0 Å². The van der Waals surface area contributed by atoms with Crippen LogP contribution in [-0.2, 0) is 6.42 Å². The quantitative estimate of drug-likeness (QED) is 0.895. The molecule has 2 heterocycles. The number of halogens is 1. The highest BCUT2D eigenvalue weighted by Crippen LogP contribution is 2.58. The molecule has 2 unspecified atom stereocenters. The van der Waals surface area contributed by atoms with Crippen LogP contribution in [0.3, 0.4) is 0 Å². The first kappa shape index (κ1) is 14.4. The lowest BCUT2D eigenvalue weighted by molar-refractivity contribution is -0.0800. The fourth-order valence-corrected chi connectivity index (χ4v) is 5.71. The van der Waals surface area contributed by atoms with Gasteiger partial charge in [0, 0.05) is 24.9 Å². The third-order valence-electron chi connectivity index (χ3n) is 6.41. The summed E-state index contributed by atoms with van der Waals surface area (Å²) in [4.78, 5) is 20.6. The minimum absolute atomic E-state index is 0.200. The first-order chi connectivity index (χ1) is 11.5. The van der Waals surface area contributed by atoms with Crippen molar-refractivity contribution in [3.63, 3.8) is 0 Å². The maximum atomic E-state index is 14.9. The lowest BCUT2D eigenvalue weighted by atomic mass is 9.53. The fourth-order valence-electron chi connectivity index (χ4n) is 5.71. The smallest absolute Gasteiger partial charge is 0.252 e. The Morgan fingerprint density at radius 3 is 2.71 bits per heavy atom. The number of hydrogen-bond acceptors (Lipinski definition) is 4. The number of hydrogen-bond donors (Lipinski definition) is 2. The van der Waals surface area contributed by atoms with Gasteiger partial charge in [-0.1, -0.05) is 0 Å². The summed E-state index contributed by atoms with van der Waals surface area (Å²) in [6.45, 7) is 0. The van der Waals surface area contributed by atoms with E-state index in [2.05, 4.69) is 15.3 Å². The predicted octanol–water partition coefficient (Wildman–Crippen LogP) is 2.77. The van der Waals surface area contributed by atoms with Gasteiger partial charge in [-0.25, -0.2) is 4.39 Å². The van der Waals surface area contributed by atoms with Gasteiger partial charge >= 0.3 is 0 Å². The molecule has 4 aliphatic carbocycles. The van der Waals surface area contributed by atoms with Gasteiger partial charge in [0.05, 0.1) is 16.9 Å². The zero-order valence-electron chi connectivity index (χ0n) is 13.5. The molecule has 0 aromatic carbocycles. The van der Waals surface area contributed by atoms with Crippen molar-refractivity contribution in [2.45, 2.75) is 50.2 Å². The molecule has 126 valence electrons. The summed E-state index contributed by atoms with van der Waals surface area (Å²) in [7, 11) is 0. The van der Waals surface area contributed by atoms with E-state index in [1.165, 1.54) is 0 Å². The van der Waals surface area contributed by atoms with Gasteiger partial charge in [-0.05, 0) is 49.9 Å². The van der Waals surface area contributed by atoms with E-state index in [0.29, 0.717) is 48.3 Å². The Morgan fingerprint density at radius 1 is 1.29 bits per heavy atom. The molecule has 1 aliphatic heterocycles. The molecule has 1 aromatic rings. The number of alkyl halides is 1. The van der Waals surface area contributed by atoms with Gasteiger partial charge in [0.2, 0.25) is 0 Å². The van der Waals surface area contributed by atoms with Crippen molar-refractivity contribution < 1.29 is 9.18 Å². The summed E-state index contributed by atoms with van der Waals surface area (Å²) in [6.07, 6.45) is 8.22. The Morgan fingerprint density at radius 2 is 2.04 bits per heavy atom. The molecule has 6 heteroatoms. The van der Waals surface area contributed by atoms with E-state index >= 15 is 0 Å². The summed E-state index contributed by atoms with van der Waals surface area (Å²) >= 11 is 0. The highest BCUT2D eigenvalue weighted by Gasteiger charge is 2.56. The molecule has 0 spiro atoms. The lowest BCUT2D eigenvalue weighted by Crippen LogP contribution is -2.57. The number of aromatic nitrogens is 1. The standard InChI is InChI=1S/C18H21FN4O/c19-18-5-9-3-10(6-18)14(11(4-9)7-18)23-15-12(17(20)24)8-22-13-1-2-21-16(13)15/h2,8-11,14H,1,3-7H2,(H2,20,24)(H,22,23). The van der Waals surface area contributed by atoms with Crippen LogP contribution in [0.25, 0.3) is 0 Å². The van der Waals surface area contributed by atoms with Crippen molar-refractivity contribution in [2.75, 3.05) is 5.32 Å². The molecule has 6 rings (SSSR count). The zero-order chi connectivity index (χ0) is 16.5. The predicted molar refractivity (Wildman–Crippen MR) is 89.4 cm³/mol. The average Bonchev–Trinajstić information content (AvgIpc) is 2.97. The van der Waals surface area contributed by atoms with E-state index in [4.69, 9.17) is 5.73 Å². The van der Waals surface area contributed by atoms with E-state index in [1.54, 1.807) is 12.4 Å². The first-order valence-electron chi connectivity index (χ1n) is 8.82. The van der Waals surface area contributed by atoms with Gasteiger partial charge in [0.25, 0.3) is 5.91 Å². The van der Waals surface area contributed by atoms with Gasteiger partial charge in [-0.2, -0.15) is 0 Å². The maximum Gasteiger partial charge on any atom is 0.252 e. The van der Waals surface area contributed by atoms with Crippen molar-refractivity contribution in [2.24, 2.45) is 28.5 Å². The molecule has 0 radical (unpaired) electrons. The van der Waals surface area contributed by atoms with Crippen molar-refractivity contribution in [1.82, 2.24) is 4.98 Å². The summed E-state index contributed by atoms with van der Waals surface area (Å²) in [5.74, 6) is 0.690. The molecule has 4 fully saturated rings. The van der Waals surface area contributed by atoms with Crippen molar-refractivity contribution in [1.29, 1.82) is 0 Å². The molecule has 5 aliphatic rings. The number of nitrogens with one attached hydrogen (secondary N) is 1.